The monoisotopic (exact) mass is 132 g/mol. The average Bonchev–Trinajstić information content (AvgIpc) is 1.91. The molecule has 3 nitrogen and oxygen atoms in total. The van der Waals surface area contributed by atoms with Gasteiger partial charge in [0.1, 0.15) is 12.6 Å². The van der Waals surface area contributed by atoms with Gasteiger partial charge in [0.2, 0.25) is 0 Å². The molecule has 0 spiro atoms. The van der Waals surface area contributed by atoms with E-state index in [2.05, 4.69) is 5.32 Å². The lowest BCUT2D eigenvalue weighted by atomic mass is 10.3. The second-order valence-corrected chi connectivity index (χ2v) is 2.21. The third-order valence-electron chi connectivity index (χ3n) is 1.38. The van der Waals surface area contributed by atoms with Crippen LogP contribution in [0.15, 0.2) is 0 Å². The number of likely N-dealkylation sites (N-methyl/N-ethyl adjacent to an activating group) is 1. The van der Waals surface area contributed by atoms with Gasteiger partial charge < -0.3 is 14.8 Å². The van der Waals surface area contributed by atoms with Crippen LogP contribution in [0.25, 0.3) is 0 Å². The van der Waals surface area contributed by atoms with Crippen molar-refractivity contribution in [1.82, 2.24) is 0 Å². The molecular formula is C6H14NO2+. The largest absolute Gasteiger partial charge is 0.376 e. The zero-order chi connectivity index (χ0) is 6.53. The molecule has 0 amide bonds. The second kappa shape index (κ2) is 3.82. The number of hydrogen-bond donors (Lipinski definition) is 1. The molecule has 0 aliphatic carbocycles. The standard InChI is InChI=1S/C6H13NO2/c1-7-4-6-5-8-2-3-9-6/h6-7H,2-5H2,1H3/p+1/t6-/m0/s1. The number of ether oxygens (including phenoxy) is 2. The maximum atomic E-state index is 5.36. The van der Waals surface area contributed by atoms with Crippen LogP contribution in [0, 0.1) is 0 Å². The highest BCUT2D eigenvalue weighted by Crippen LogP contribution is 1.96. The quantitative estimate of drug-likeness (QED) is 0.501. The zero-order valence-corrected chi connectivity index (χ0v) is 5.80. The summed E-state index contributed by atoms with van der Waals surface area (Å²) in [5.74, 6) is 0. The van der Waals surface area contributed by atoms with E-state index in [-0.39, 0.29) is 0 Å². The minimum atomic E-state index is 0.323. The van der Waals surface area contributed by atoms with Crippen LogP contribution in [0.2, 0.25) is 0 Å². The summed E-state index contributed by atoms with van der Waals surface area (Å²) in [4.78, 5) is 0. The predicted octanol–water partition coefficient (Wildman–Crippen LogP) is -1.40. The molecule has 9 heavy (non-hydrogen) atoms. The summed E-state index contributed by atoms with van der Waals surface area (Å²) in [6.45, 7) is 3.31. The van der Waals surface area contributed by atoms with Crippen LogP contribution in [0.5, 0.6) is 0 Å². The van der Waals surface area contributed by atoms with Gasteiger partial charge in [-0.15, -0.1) is 0 Å². The lowest BCUT2D eigenvalue weighted by molar-refractivity contribution is -0.635. The third kappa shape index (κ3) is 2.30. The van der Waals surface area contributed by atoms with Crippen molar-refractivity contribution >= 4 is 0 Å². The molecule has 1 aliphatic heterocycles. The summed E-state index contributed by atoms with van der Waals surface area (Å²) in [7, 11) is 2.04. The van der Waals surface area contributed by atoms with Crippen molar-refractivity contribution in [3.05, 3.63) is 0 Å². The first kappa shape index (κ1) is 6.99. The Morgan fingerprint density at radius 3 is 3.00 bits per heavy atom. The lowest BCUT2D eigenvalue weighted by Gasteiger charge is -2.20. The Bertz CT molecular complexity index is 68.7. The smallest absolute Gasteiger partial charge is 0.129 e. The highest BCUT2D eigenvalue weighted by atomic mass is 16.6. The molecule has 1 saturated heterocycles. The number of rotatable bonds is 2. The molecule has 0 aromatic heterocycles. The van der Waals surface area contributed by atoms with Gasteiger partial charge >= 0.3 is 0 Å². The van der Waals surface area contributed by atoms with Crippen molar-refractivity contribution in [2.24, 2.45) is 0 Å². The Kier molecular flexibility index (Phi) is 2.97. The Labute approximate surface area is 55.3 Å². The molecule has 54 valence electrons. The highest BCUT2D eigenvalue weighted by Gasteiger charge is 2.13. The van der Waals surface area contributed by atoms with Gasteiger partial charge in [0, 0.05) is 0 Å². The molecule has 2 N–H and O–H groups in total. The van der Waals surface area contributed by atoms with Gasteiger partial charge in [-0.3, -0.25) is 0 Å². The fourth-order valence-corrected chi connectivity index (χ4v) is 0.936. The minimum absolute atomic E-state index is 0.323. The van der Waals surface area contributed by atoms with E-state index in [1.54, 1.807) is 0 Å². The molecule has 0 radical (unpaired) electrons. The van der Waals surface area contributed by atoms with Crippen LogP contribution in [0.4, 0.5) is 0 Å². The fourth-order valence-electron chi connectivity index (χ4n) is 0.936. The zero-order valence-electron chi connectivity index (χ0n) is 5.80. The van der Waals surface area contributed by atoms with Crippen LogP contribution in [0.3, 0.4) is 0 Å². The molecule has 1 rings (SSSR count). The van der Waals surface area contributed by atoms with Gasteiger partial charge in [-0.2, -0.15) is 0 Å². The van der Waals surface area contributed by atoms with E-state index in [4.69, 9.17) is 9.47 Å². The van der Waals surface area contributed by atoms with Crippen LogP contribution in [0.1, 0.15) is 0 Å². The first-order valence-electron chi connectivity index (χ1n) is 3.40. The van der Waals surface area contributed by atoms with Crippen LogP contribution in [-0.4, -0.2) is 39.5 Å². The van der Waals surface area contributed by atoms with Gasteiger partial charge in [0.05, 0.1) is 26.9 Å². The molecule has 1 atom stereocenters. The SMILES string of the molecule is C[NH2+]C[C@H]1COCCO1. The summed E-state index contributed by atoms with van der Waals surface area (Å²) < 4.78 is 10.6. The Balaban J connectivity index is 2.08. The molecule has 0 aromatic rings. The minimum Gasteiger partial charge on any atom is -0.376 e. The van der Waals surface area contributed by atoms with E-state index in [1.807, 2.05) is 7.05 Å². The molecule has 1 fully saturated rings. The van der Waals surface area contributed by atoms with Gasteiger partial charge in [-0.25, -0.2) is 0 Å². The summed E-state index contributed by atoms with van der Waals surface area (Å²) in [6.07, 6.45) is 0.323. The first-order valence-corrected chi connectivity index (χ1v) is 3.40. The number of quaternary nitrogens is 1. The maximum Gasteiger partial charge on any atom is 0.129 e. The van der Waals surface area contributed by atoms with Crippen LogP contribution >= 0.6 is 0 Å². The lowest BCUT2D eigenvalue weighted by Crippen LogP contribution is -2.82. The molecule has 0 unspecified atom stereocenters. The molecule has 3 heteroatoms. The van der Waals surface area contributed by atoms with Gasteiger partial charge in [-0.1, -0.05) is 0 Å². The first-order chi connectivity index (χ1) is 4.43. The summed E-state index contributed by atoms with van der Waals surface area (Å²) in [5.41, 5.74) is 0. The molecular weight excluding hydrogens is 118 g/mol. The summed E-state index contributed by atoms with van der Waals surface area (Å²) in [6, 6.07) is 0. The predicted molar refractivity (Wildman–Crippen MR) is 33.3 cm³/mol. The molecule has 1 aliphatic rings. The maximum absolute atomic E-state index is 5.36. The van der Waals surface area contributed by atoms with Crippen LogP contribution < -0.4 is 5.32 Å². The molecule has 0 saturated carbocycles. The van der Waals surface area contributed by atoms with E-state index in [0.717, 1.165) is 26.4 Å². The van der Waals surface area contributed by atoms with E-state index < -0.39 is 0 Å². The Morgan fingerprint density at radius 1 is 1.56 bits per heavy atom. The summed E-state index contributed by atoms with van der Waals surface area (Å²) >= 11 is 0. The van der Waals surface area contributed by atoms with E-state index in [0.29, 0.717) is 6.10 Å². The van der Waals surface area contributed by atoms with Gasteiger partial charge in [-0.05, 0) is 0 Å². The van der Waals surface area contributed by atoms with Gasteiger partial charge in [0.25, 0.3) is 0 Å². The molecule has 0 aromatic carbocycles. The van der Waals surface area contributed by atoms with Crippen molar-refractivity contribution in [2.75, 3.05) is 33.4 Å². The van der Waals surface area contributed by atoms with Crippen molar-refractivity contribution in [2.45, 2.75) is 6.10 Å². The highest BCUT2D eigenvalue weighted by molar-refractivity contribution is 4.56. The average molecular weight is 132 g/mol. The van der Waals surface area contributed by atoms with Crippen LogP contribution in [-0.2, 0) is 9.47 Å². The van der Waals surface area contributed by atoms with Crippen molar-refractivity contribution < 1.29 is 14.8 Å². The van der Waals surface area contributed by atoms with Crippen molar-refractivity contribution in [3.8, 4) is 0 Å². The topological polar surface area (TPSA) is 35.1 Å². The number of nitrogens with two attached hydrogens (primary N) is 1. The molecule has 0 bridgehead atoms. The third-order valence-corrected chi connectivity index (χ3v) is 1.38. The van der Waals surface area contributed by atoms with Gasteiger partial charge in [0.15, 0.2) is 0 Å². The second-order valence-electron chi connectivity index (χ2n) is 2.21. The fraction of sp³-hybridized carbons (Fsp3) is 1.00. The Morgan fingerprint density at radius 2 is 2.44 bits per heavy atom. The molecule has 1 heterocycles. The van der Waals surface area contributed by atoms with Crippen molar-refractivity contribution in [1.29, 1.82) is 0 Å². The number of hydrogen-bond acceptors (Lipinski definition) is 2. The van der Waals surface area contributed by atoms with E-state index >= 15 is 0 Å². The Hall–Kier alpha value is -0.120. The summed E-state index contributed by atoms with van der Waals surface area (Å²) in [5, 5.41) is 2.11. The van der Waals surface area contributed by atoms with E-state index in [9.17, 15) is 0 Å². The normalized spacial score (nSPS) is 28.3. The van der Waals surface area contributed by atoms with Crippen molar-refractivity contribution in [3.63, 3.8) is 0 Å². The van der Waals surface area contributed by atoms with E-state index in [1.165, 1.54) is 0 Å².